The maximum absolute atomic E-state index is 9.60. The largest absolute Gasteiger partial charge is 0.478 e. The molecule has 0 rings (SSSR count). The Balaban J connectivity index is 0. The molecule has 0 aliphatic rings. The van der Waals surface area contributed by atoms with Crippen molar-refractivity contribution in [2.24, 2.45) is 0 Å². The van der Waals surface area contributed by atoms with Crippen LogP contribution in [0.4, 0.5) is 0 Å². The molecule has 3 N–H and O–H groups in total. The van der Waals surface area contributed by atoms with E-state index in [0.717, 1.165) is 0 Å². The summed E-state index contributed by atoms with van der Waals surface area (Å²) in [6.07, 6.45) is 0. The molecule has 0 bridgehead atoms. The van der Waals surface area contributed by atoms with Gasteiger partial charge in [-0.25, -0.2) is 4.79 Å². The van der Waals surface area contributed by atoms with Crippen LogP contribution in [0.3, 0.4) is 0 Å². The van der Waals surface area contributed by atoms with Crippen molar-refractivity contribution in [1.29, 1.82) is 0 Å². The summed E-state index contributed by atoms with van der Waals surface area (Å²) in [5.41, 5.74) is -0.727. The van der Waals surface area contributed by atoms with Gasteiger partial charge >= 0.3 is 5.97 Å². The minimum absolute atomic E-state index is 0.174. The lowest BCUT2D eigenvalue weighted by Gasteiger charge is -2.10. The molecule has 0 aromatic carbocycles. The molecule has 4 heteroatoms. The number of aliphatic hydroxyl groups is 2. The van der Waals surface area contributed by atoms with Gasteiger partial charge in [0.25, 0.3) is 0 Å². The lowest BCUT2D eigenvalue weighted by atomic mass is 10.2. The van der Waals surface area contributed by atoms with Gasteiger partial charge < -0.3 is 15.3 Å². The Bertz CT molecular complexity index is 143. The standard InChI is InChI=1S/C4H10O2.C4H6O2/c1-4(2,6)3-5;1-3(2)4(5)6/h5-6H,3H2,1-2H3;1H2,2H3,(H,5,6). The normalized spacial score (nSPS) is 9.75. The van der Waals surface area contributed by atoms with E-state index in [2.05, 4.69) is 6.58 Å². The average molecular weight is 176 g/mol. The van der Waals surface area contributed by atoms with Crippen LogP contribution >= 0.6 is 0 Å². The molecule has 72 valence electrons. The van der Waals surface area contributed by atoms with Gasteiger partial charge in [-0.05, 0) is 20.8 Å². The van der Waals surface area contributed by atoms with E-state index in [1.165, 1.54) is 6.92 Å². The van der Waals surface area contributed by atoms with E-state index in [1.54, 1.807) is 13.8 Å². The van der Waals surface area contributed by atoms with Gasteiger partial charge in [-0.2, -0.15) is 0 Å². The average Bonchev–Trinajstić information content (AvgIpc) is 1.87. The van der Waals surface area contributed by atoms with Crippen molar-refractivity contribution in [2.75, 3.05) is 6.61 Å². The molecule has 0 saturated carbocycles. The summed E-state index contributed by atoms with van der Waals surface area (Å²) in [5, 5.41) is 24.6. The molecule has 0 aromatic rings. The molecule has 0 unspecified atom stereocenters. The van der Waals surface area contributed by atoms with E-state index in [0.29, 0.717) is 0 Å². The number of rotatable bonds is 2. The zero-order valence-electron chi connectivity index (χ0n) is 7.66. The fourth-order valence-electron chi connectivity index (χ4n) is 0. The van der Waals surface area contributed by atoms with Gasteiger partial charge in [-0.1, -0.05) is 6.58 Å². The maximum Gasteiger partial charge on any atom is 0.330 e. The second-order valence-electron chi connectivity index (χ2n) is 3.06. The van der Waals surface area contributed by atoms with Crippen LogP contribution in [0.5, 0.6) is 0 Å². The number of aliphatic hydroxyl groups excluding tert-OH is 1. The molecule has 4 nitrogen and oxygen atoms in total. The van der Waals surface area contributed by atoms with Crippen molar-refractivity contribution < 1.29 is 20.1 Å². The molecular formula is C8H16O4. The zero-order valence-corrected chi connectivity index (χ0v) is 7.66. The van der Waals surface area contributed by atoms with E-state index >= 15 is 0 Å². The smallest absolute Gasteiger partial charge is 0.330 e. The molecule has 0 amide bonds. The highest BCUT2D eigenvalue weighted by Crippen LogP contribution is 1.95. The second kappa shape index (κ2) is 5.74. The summed E-state index contributed by atoms with van der Waals surface area (Å²) < 4.78 is 0. The van der Waals surface area contributed by atoms with Crippen LogP contribution in [0.2, 0.25) is 0 Å². The van der Waals surface area contributed by atoms with Gasteiger partial charge in [-0.3, -0.25) is 0 Å². The molecule has 0 aliphatic heterocycles. The summed E-state index contributed by atoms with van der Waals surface area (Å²) in [7, 11) is 0. The Labute approximate surface area is 72.2 Å². The van der Waals surface area contributed by atoms with Crippen LogP contribution < -0.4 is 0 Å². The van der Waals surface area contributed by atoms with Gasteiger partial charge in [-0.15, -0.1) is 0 Å². The highest BCUT2D eigenvalue weighted by atomic mass is 16.4. The molecule has 0 spiro atoms. The van der Waals surface area contributed by atoms with Crippen molar-refractivity contribution >= 4 is 5.97 Å². The van der Waals surface area contributed by atoms with Crippen LogP contribution in [-0.4, -0.2) is 33.5 Å². The molecule has 0 radical (unpaired) electrons. The molecule has 0 saturated heterocycles. The van der Waals surface area contributed by atoms with Crippen LogP contribution in [0.1, 0.15) is 20.8 Å². The third-order valence-electron chi connectivity index (χ3n) is 0.752. The summed E-state index contributed by atoms with van der Waals surface area (Å²) in [5.74, 6) is -0.935. The topological polar surface area (TPSA) is 77.8 Å². The van der Waals surface area contributed by atoms with Crippen LogP contribution in [0, 0.1) is 0 Å². The molecule has 0 aromatic heterocycles. The Kier molecular flexibility index (Phi) is 6.55. The Morgan fingerprint density at radius 3 is 1.67 bits per heavy atom. The predicted molar refractivity (Wildman–Crippen MR) is 45.8 cm³/mol. The number of hydrogen-bond donors (Lipinski definition) is 3. The number of hydrogen-bond acceptors (Lipinski definition) is 3. The number of carbonyl (C=O) groups is 1. The molecule has 0 atom stereocenters. The van der Waals surface area contributed by atoms with Gasteiger partial charge in [0, 0.05) is 5.57 Å². The zero-order chi connectivity index (χ0) is 10.4. The van der Waals surface area contributed by atoms with Crippen LogP contribution in [0.15, 0.2) is 12.2 Å². The van der Waals surface area contributed by atoms with Crippen LogP contribution in [-0.2, 0) is 4.79 Å². The Hall–Kier alpha value is -0.870. The molecule has 12 heavy (non-hydrogen) atoms. The third kappa shape index (κ3) is 16.1. The number of carboxylic acid groups (broad SMARTS) is 1. The van der Waals surface area contributed by atoms with E-state index < -0.39 is 11.6 Å². The maximum atomic E-state index is 9.60. The Morgan fingerprint density at radius 1 is 1.50 bits per heavy atom. The first-order valence-corrected chi connectivity index (χ1v) is 3.42. The van der Waals surface area contributed by atoms with E-state index in [9.17, 15) is 4.79 Å². The Morgan fingerprint density at radius 2 is 1.67 bits per heavy atom. The first kappa shape index (κ1) is 13.7. The van der Waals surface area contributed by atoms with Crippen molar-refractivity contribution in [3.63, 3.8) is 0 Å². The van der Waals surface area contributed by atoms with Crippen LogP contribution in [0.25, 0.3) is 0 Å². The highest BCUT2D eigenvalue weighted by Gasteiger charge is 2.07. The predicted octanol–water partition coefficient (Wildman–Crippen LogP) is 0.397. The molecule has 0 fully saturated rings. The molecule has 0 aliphatic carbocycles. The number of aliphatic carboxylic acids is 1. The van der Waals surface area contributed by atoms with E-state index in [4.69, 9.17) is 15.3 Å². The monoisotopic (exact) mass is 176 g/mol. The highest BCUT2D eigenvalue weighted by molar-refractivity contribution is 5.84. The second-order valence-corrected chi connectivity index (χ2v) is 3.06. The molecular weight excluding hydrogens is 160 g/mol. The van der Waals surface area contributed by atoms with Gasteiger partial charge in [0.05, 0.1) is 12.2 Å². The quantitative estimate of drug-likeness (QED) is 0.532. The lowest BCUT2D eigenvalue weighted by Crippen LogP contribution is -2.23. The van der Waals surface area contributed by atoms with Crippen molar-refractivity contribution in [2.45, 2.75) is 26.4 Å². The number of carboxylic acids is 1. The first-order chi connectivity index (χ1) is 5.20. The van der Waals surface area contributed by atoms with Crippen molar-refractivity contribution in [1.82, 2.24) is 0 Å². The van der Waals surface area contributed by atoms with E-state index in [-0.39, 0.29) is 12.2 Å². The lowest BCUT2D eigenvalue weighted by molar-refractivity contribution is -0.132. The summed E-state index contributed by atoms with van der Waals surface area (Å²) >= 11 is 0. The van der Waals surface area contributed by atoms with Crippen molar-refractivity contribution in [3.05, 3.63) is 12.2 Å². The summed E-state index contributed by atoms with van der Waals surface area (Å²) in [4.78, 5) is 9.60. The first-order valence-electron chi connectivity index (χ1n) is 3.42. The van der Waals surface area contributed by atoms with E-state index in [1.807, 2.05) is 0 Å². The fraction of sp³-hybridized carbons (Fsp3) is 0.625. The minimum Gasteiger partial charge on any atom is -0.478 e. The minimum atomic E-state index is -0.935. The molecule has 0 heterocycles. The summed E-state index contributed by atoms with van der Waals surface area (Å²) in [6.45, 7) is 7.53. The fourth-order valence-corrected chi connectivity index (χ4v) is 0. The SMILES string of the molecule is C=C(C)C(=O)O.CC(C)(O)CO. The van der Waals surface area contributed by atoms with Crippen molar-refractivity contribution in [3.8, 4) is 0 Å². The van der Waals surface area contributed by atoms with Gasteiger partial charge in [0.1, 0.15) is 0 Å². The van der Waals surface area contributed by atoms with Gasteiger partial charge in [0.15, 0.2) is 0 Å². The van der Waals surface area contributed by atoms with Gasteiger partial charge in [0.2, 0.25) is 0 Å². The third-order valence-corrected chi connectivity index (χ3v) is 0.752. The summed E-state index contributed by atoms with van der Waals surface area (Å²) in [6, 6.07) is 0.